The van der Waals surface area contributed by atoms with Crippen LogP contribution in [-0.2, 0) is 11.3 Å². The SMILES string of the molecule is CCCN(CC(=O)O)Cc1cc(Cl)cc(Cl)c1O. The number of benzene rings is 1. The molecule has 0 unspecified atom stereocenters. The first-order chi connectivity index (χ1) is 8.43. The molecule has 0 saturated carbocycles. The Morgan fingerprint density at radius 3 is 2.61 bits per heavy atom. The van der Waals surface area contributed by atoms with Crippen LogP contribution in [0.3, 0.4) is 0 Å². The quantitative estimate of drug-likeness (QED) is 0.846. The first kappa shape index (κ1) is 15.1. The van der Waals surface area contributed by atoms with E-state index in [-0.39, 0.29) is 17.3 Å². The number of hydrogen-bond acceptors (Lipinski definition) is 3. The van der Waals surface area contributed by atoms with Gasteiger partial charge in [0.05, 0.1) is 11.6 Å². The fraction of sp³-hybridized carbons (Fsp3) is 0.417. The molecule has 0 spiro atoms. The van der Waals surface area contributed by atoms with E-state index < -0.39 is 5.97 Å². The number of phenols is 1. The van der Waals surface area contributed by atoms with Crippen LogP contribution in [0.15, 0.2) is 12.1 Å². The van der Waals surface area contributed by atoms with Crippen LogP contribution in [0.5, 0.6) is 5.75 Å². The molecule has 1 aromatic rings. The second-order valence-corrected chi connectivity index (χ2v) is 4.84. The molecule has 6 heteroatoms. The molecule has 0 aliphatic carbocycles. The Hall–Kier alpha value is -0.970. The van der Waals surface area contributed by atoms with Gasteiger partial charge >= 0.3 is 5.97 Å². The molecule has 0 atom stereocenters. The van der Waals surface area contributed by atoms with Crippen molar-refractivity contribution in [3.8, 4) is 5.75 Å². The van der Waals surface area contributed by atoms with Gasteiger partial charge < -0.3 is 10.2 Å². The third-order valence-electron chi connectivity index (χ3n) is 2.40. The molecule has 0 amide bonds. The molecule has 2 N–H and O–H groups in total. The topological polar surface area (TPSA) is 60.8 Å². The summed E-state index contributed by atoms with van der Waals surface area (Å²) in [4.78, 5) is 12.4. The van der Waals surface area contributed by atoms with Gasteiger partial charge in [-0.1, -0.05) is 30.1 Å². The minimum atomic E-state index is -0.906. The zero-order valence-electron chi connectivity index (χ0n) is 9.99. The molecule has 0 aromatic heterocycles. The zero-order chi connectivity index (χ0) is 13.7. The van der Waals surface area contributed by atoms with Gasteiger partial charge in [-0.15, -0.1) is 0 Å². The molecule has 0 heterocycles. The smallest absolute Gasteiger partial charge is 0.317 e. The van der Waals surface area contributed by atoms with Crippen molar-refractivity contribution in [3.63, 3.8) is 0 Å². The van der Waals surface area contributed by atoms with Crippen LogP contribution in [0.4, 0.5) is 0 Å². The van der Waals surface area contributed by atoms with Gasteiger partial charge in [-0.2, -0.15) is 0 Å². The van der Waals surface area contributed by atoms with Crippen LogP contribution >= 0.6 is 23.2 Å². The van der Waals surface area contributed by atoms with Crippen LogP contribution in [0, 0.1) is 0 Å². The lowest BCUT2D eigenvalue weighted by atomic mass is 10.2. The second kappa shape index (κ2) is 6.83. The van der Waals surface area contributed by atoms with Gasteiger partial charge in [0.2, 0.25) is 0 Å². The van der Waals surface area contributed by atoms with E-state index in [1.165, 1.54) is 6.07 Å². The highest BCUT2D eigenvalue weighted by Crippen LogP contribution is 2.31. The lowest BCUT2D eigenvalue weighted by Crippen LogP contribution is -2.30. The van der Waals surface area contributed by atoms with Gasteiger partial charge in [0, 0.05) is 17.1 Å². The zero-order valence-corrected chi connectivity index (χ0v) is 11.5. The molecule has 1 aromatic carbocycles. The van der Waals surface area contributed by atoms with E-state index in [0.29, 0.717) is 23.7 Å². The molecular weight excluding hydrogens is 277 g/mol. The number of nitrogens with zero attached hydrogens (tertiary/aromatic N) is 1. The lowest BCUT2D eigenvalue weighted by Gasteiger charge is -2.20. The Labute approximate surface area is 116 Å². The predicted molar refractivity (Wildman–Crippen MR) is 71.3 cm³/mol. The number of hydrogen-bond donors (Lipinski definition) is 2. The molecule has 4 nitrogen and oxygen atoms in total. The molecular formula is C12H15Cl2NO3. The van der Waals surface area contributed by atoms with Gasteiger partial charge in [-0.05, 0) is 25.1 Å². The molecule has 0 aliphatic heterocycles. The van der Waals surface area contributed by atoms with Crippen molar-refractivity contribution in [1.82, 2.24) is 4.90 Å². The van der Waals surface area contributed by atoms with Crippen molar-refractivity contribution in [2.75, 3.05) is 13.1 Å². The molecule has 0 radical (unpaired) electrons. The standard InChI is InChI=1S/C12H15Cl2NO3/c1-2-3-15(7-11(16)17)6-8-4-9(13)5-10(14)12(8)18/h4-5,18H,2-3,6-7H2,1H3,(H,16,17). The summed E-state index contributed by atoms with van der Waals surface area (Å²) in [5.74, 6) is -0.955. The number of aliphatic carboxylic acids is 1. The Kier molecular flexibility index (Phi) is 5.72. The lowest BCUT2D eigenvalue weighted by molar-refractivity contribution is -0.138. The van der Waals surface area contributed by atoms with Crippen molar-refractivity contribution in [2.45, 2.75) is 19.9 Å². The van der Waals surface area contributed by atoms with Gasteiger partial charge in [0.15, 0.2) is 0 Å². The van der Waals surface area contributed by atoms with E-state index in [1.54, 1.807) is 11.0 Å². The second-order valence-electron chi connectivity index (χ2n) is 4.00. The Morgan fingerprint density at radius 1 is 1.39 bits per heavy atom. The summed E-state index contributed by atoms with van der Waals surface area (Å²) in [6, 6.07) is 3.04. The molecule has 0 bridgehead atoms. The third-order valence-corrected chi connectivity index (χ3v) is 2.91. The maximum absolute atomic E-state index is 10.7. The average Bonchev–Trinajstić information content (AvgIpc) is 2.24. The highest BCUT2D eigenvalue weighted by Gasteiger charge is 2.14. The van der Waals surface area contributed by atoms with Gasteiger partial charge in [0.1, 0.15) is 5.75 Å². The number of halogens is 2. The van der Waals surface area contributed by atoms with Gasteiger partial charge in [-0.3, -0.25) is 9.69 Å². The number of carboxylic acid groups (broad SMARTS) is 1. The number of carboxylic acids is 1. The van der Waals surface area contributed by atoms with Crippen LogP contribution in [0.2, 0.25) is 10.0 Å². The average molecular weight is 292 g/mol. The van der Waals surface area contributed by atoms with E-state index in [9.17, 15) is 9.90 Å². The molecule has 0 fully saturated rings. The third kappa shape index (κ3) is 4.37. The van der Waals surface area contributed by atoms with E-state index in [2.05, 4.69) is 0 Å². The van der Waals surface area contributed by atoms with Crippen molar-refractivity contribution in [2.24, 2.45) is 0 Å². The summed E-state index contributed by atoms with van der Waals surface area (Å²) in [5, 5.41) is 19.2. The van der Waals surface area contributed by atoms with Crippen LogP contribution in [0.1, 0.15) is 18.9 Å². The van der Waals surface area contributed by atoms with Crippen molar-refractivity contribution >= 4 is 29.2 Å². The first-order valence-electron chi connectivity index (χ1n) is 5.55. The Morgan fingerprint density at radius 2 is 2.06 bits per heavy atom. The molecule has 0 aliphatic rings. The number of carbonyl (C=O) groups is 1. The fourth-order valence-electron chi connectivity index (χ4n) is 1.70. The number of phenolic OH excluding ortho intramolecular Hbond substituents is 1. The minimum Gasteiger partial charge on any atom is -0.506 e. The van der Waals surface area contributed by atoms with E-state index in [0.717, 1.165) is 6.42 Å². The van der Waals surface area contributed by atoms with E-state index >= 15 is 0 Å². The summed E-state index contributed by atoms with van der Waals surface area (Å²) in [5.41, 5.74) is 0.530. The maximum atomic E-state index is 10.7. The van der Waals surface area contributed by atoms with E-state index in [4.69, 9.17) is 28.3 Å². The van der Waals surface area contributed by atoms with Crippen LogP contribution in [0.25, 0.3) is 0 Å². The van der Waals surface area contributed by atoms with Crippen molar-refractivity contribution in [3.05, 3.63) is 27.7 Å². The summed E-state index contributed by atoms with van der Waals surface area (Å²) in [7, 11) is 0. The van der Waals surface area contributed by atoms with E-state index in [1.807, 2.05) is 6.92 Å². The fourth-order valence-corrected chi connectivity index (χ4v) is 2.24. The predicted octanol–water partition coefficient (Wildman–Crippen LogP) is 3.00. The van der Waals surface area contributed by atoms with Crippen LogP contribution in [-0.4, -0.2) is 34.2 Å². The monoisotopic (exact) mass is 291 g/mol. The molecule has 100 valence electrons. The van der Waals surface area contributed by atoms with Crippen molar-refractivity contribution in [1.29, 1.82) is 0 Å². The summed E-state index contributed by atoms with van der Waals surface area (Å²) in [6.45, 7) is 2.79. The number of rotatable bonds is 6. The Bertz CT molecular complexity index is 438. The van der Waals surface area contributed by atoms with Gasteiger partial charge in [0.25, 0.3) is 0 Å². The summed E-state index contributed by atoms with van der Waals surface area (Å²) < 4.78 is 0. The van der Waals surface area contributed by atoms with Crippen molar-refractivity contribution < 1.29 is 15.0 Å². The number of aromatic hydroxyl groups is 1. The minimum absolute atomic E-state index is 0.0486. The Balaban J connectivity index is 2.89. The molecule has 0 saturated heterocycles. The highest BCUT2D eigenvalue weighted by molar-refractivity contribution is 6.35. The molecule has 18 heavy (non-hydrogen) atoms. The van der Waals surface area contributed by atoms with Gasteiger partial charge in [-0.25, -0.2) is 0 Å². The molecule has 1 rings (SSSR count). The summed E-state index contributed by atoms with van der Waals surface area (Å²) in [6.07, 6.45) is 0.822. The maximum Gasteiger partial charge on any atom is 0.317 e. The van der Waals surface area contributed by atoms with Crippen LogP contribution < -0.4 is 0 Å². The normalized spacial score (nSPS) is 10.9. The first-order valence-corrected chi connectivity index (χ1v) is 6.30. The highest BCUT2D eigenvalue weighted by atomic mass is 35.5. The summed E-state index contributed by atoms with van der Waals surface area (Å²) >= 11 is 11.7. The largest absolute Gasteiger partial charge is 0.506 e.